The molecule has 0 spiro atoms. The van der Waals surface area contributed by atoms with Crippen LogP contribution in [0.2, 0.25) is 0 Å². The highest BCUT2D eigenvalue weighted by molar-refractivity contribution is 5.57. The zero-order valence-corrected chi connectivity index (χ0v) is 9.31. The van der Waals surface area contributed by atoms with E-state index in [1.54, 1.807) is 6.21 Å². The van der Waals surface area contributed by atoms with E-state index in [1.807, 2.05) is 27.7 Å². The number of allylic oxidation sites excluding steroid dienone is 5. The molecule has 0 radical (unpaired) electrons. The third-order valence-electron chi connectivity index (χ3n) is 1.94. The van der Waals surface area contributed by atoms with Gasteiger partial charge in [0.2, 0.25) is 0 Å². The van der Waals surface area contributed by atoms with Gasteiger partial charge >= 0.3 is 0 Å². The molecule has 72 valence electrons. The van der Waals surface area contributed by atoms with Gasteiger partial charge in [0, 0.05) is 17.5 Å². The fraction of sp³-hybridized carbons (Fsp3) is 0.417. The highest BCUT2D eigenvalue weighted by atomic mass is 14.7. The number of hydrogen-bond donors (Lipinski definition) is 0. The standard InChI is InChI=1S/C12H19N/c1-7-10(5)12(9(3)4)11(6)13-8-2/h7-8H,3H2,1-2,4-6H3/b10-7-,12-11+,13-8-. The van der Waals surface area contributed by atoms with Crippen LogP contribution in [0.25, 0.3) is 0 Å². The van der Waals surface area contributed by atoms with E-state index in [1.165, 1.54) is 11.1 Å². The van der Waals surface area contributed by atoms with Crippen molar-refractivity contribution in [2.24, 2.45) is 4.99 Å². The normalized spacial score (nSPS) is 14.7. The Balaban J connectivity index is 5.25. The van der Waals surface area contributed by atoms with Gasteiger partial charge in [0.1, 0.15) is 0 Å². The van der Waals surface area contributed by atoms with Crippen LogP contribution in [0.15, 0.2) is 40.1 Å². The predicted molar refractivity (Wildman–Crippen MR) is 61.1 cm³/mol. The van der Waals surface area contributed by atoms with E-state index < -0.39 is 0 Å². The minimum absolute atomic E-state index is 1.03. The Bertz CT molecular complexity index is 277. The van der Waals surface area contributed by atoms with Crippen molar-refractivity contribution in [2.75, 3.05) is 0 Å². The monoisotopic (exact) mass is 177 g/mol. The molecule has 13 heavy (non-hydrogen) atoms. The number of aliphatic imine (C=N–C) groups is 1. The molecule has 0 unspecified atom stereocenters. The Hall–Kier alpha value is -1.11. The zero-order chi connectivity index (χ0) is 10.4. The molecule has 0 aliphatic rings. The third kappa shape index (κ3) is 3.41. The molecule has 0 N–H and O–H groups in total. The summed E-state index contributed by atoms with van der Waals surface area (Å²) >= 11 is 0. The molecule has 0 atom stereocenters. The van der Waals surface area contributed by atoms with Crippen LogP contribution in [0.5, 0.6) is 0 Å². The minimum atomic E-state index is 1.03. The van der Waals surface area contributed by atoms with Gasteiger partial charge in [-0.2, -0.15) is 0 Å². The van der Waals surface area contributed by atoms with Crippen molar-refractivity contribution >= 4 is 6.21 Å². The molecular weight excluding hydrogens is 158 g/mol. The fourth-order valence-electron chi connectivity index (χ4n) is 1.33. The van der Waals surface area contributed by atoms with Crippen LogP contribution < -0.4 is 0 Å². The van der Waals surface area contributed by atoms with Crippen molar-refractivity contribution in [3.8, 4) is 0 Å². The Morgan fingerprint density at radius 2 is 1.69 bits per heavy atom. The van der Waals surface area contributed by atoms with Gasteiger partial charge in [-0.3, -0.25) is 4.99 Å². The van der Waals surface area contributed by atoms with Crippen LogP contribution >= 0.6 is 0 Å². The Morgan fingerprint density at radius 1 is 1.15 bits per heavy atom. The molecule has 0 bridgehead atoms. The lowest BCUT2D eigenvalue weighted by molar-refractivity contribution is 1.19. The molecule has 1 nitrogen and oxygen atoms in total. The zero-order valence-electron chi connectivity index (χ0n) is 9.31. The second-order valence-corrected chi connectivity index (χ2v) is 3.10. The van der Waals surface area contributed by atoms with Crippen molar-refractivity contribution in [3.05, 3.63) is 35.1 Å². The molecule has 0 aliphatic carbocycles. The summed E-state index contributed by atoms with van der Waals surface area (Å²) in [5.41, 5.74) is 4.50. The van der Waals surface area contributed by atoms with Crippen molar-refractivity contribution in [3.63, 3.8) is 0 Å². The van der Waals surface area contributed by atoms with E-state index in [-0.39, 0.29) is 0 Å². The second kappa shape index (κ2) is 5.52. The molecule has 0 amide bonds. The van der Waals surface area contributed by atoms with Gasteiger partial charge in [0.15, 0.2) is 0 Å². The summed E-state index contributed by atoms with van der Waals surface area (Å²) < 4.78 is 0. The molecule has 0 aromatic rings. The Morgan fingerprint density at radius 3 is 2.00 bits per heavy atom. The SMILES string of the molecule is C=C(C)C(/C(C)=C\C)=C(C)\N=C/C. The van der Waals surface area contributed by atoms with E-state index in [0.29, 0.717) is 0 Å². The molecule has 0 saturated heterocycles. The smallest absolute Gasteiger partial charge is 0.0445 e. The molecule has 0 saturated carbocycles. The molecule has 0 aromatic carbocycles. The van der Waals surface area contributed by atoms with Crippen molar-refractivity contribution in [1.29, 1.82) is 0 Å². The quantitative estimate of drug-likeness (QED) is 0.458. The van der Waals surface area contributed by atoms with Gasteiger partial charge in [0.05, 0.1) is 0 Å². The maximum Gasteiger partial charge on any atom is 0.0445 e. The maximum atomic E-state index is 4.27. The number of nitrogens with zero attached hydrogens (tertiary/aromatic N) is 1. The van der Waals surface area contributed by atoms with Crippen molar-refractivity contribution < 1.29 is 0 Å². The van der Waals surface area contributed by atoms with E-state index in [2.05, 4.69) is 24.6 Å². The predicted octanol–water partition coefficient (Wildman–Crippen LogP) is 3.89. The highest BCUT2D eigenvalue weighted by Gasteiger charge is 2.03. The van der Waals surface area contributed by atoms with Gasteiger partial charge in [0.25, 0.3) is 0 Å². The van der Waals surface area contributed by atoms with Crippen LogP contribution in [-0.4, -0.2) is 6.21 Å². The van der Waals surface area contributed by atoms with Crippen LogP contribution in [0.3, 0.4) is 0 Å². The number of hydrogen-bond acceptors (Lipinski definition) is 1. The van der Waals surface area contributed by atoms with Crippen LogP contribution in [-0.2, 0) is 0 Å². The Kier molecular flexibility index (Phi) is 5.05. The molecule has 0 aliphatic heterocycles. The third-order valence-corrected chi connectivity index (χ3v) is 1.94. The minimum Gasteiger partial charge on any atom is -0.266 e. The fourth-order valence-corrected chi connectivity index (χ4v) is 1.33. The molecule has 0 heterocycles. The van der Waals surface area contributed by atoms with Crippen molar-refractivity contribution in [1.82, 2.24) is 0 Å². The van der Waals surface area contributed by atoms with Gasteiger partial charge in [-0.05, 0) is 45.8 Å². The molecule has 0 fully saturated rings. The summed E-state index contributed by atoms with van der Waals surface area (Å²) in [5.74, 6) is 0. The second-order valence-electron chi connectivity index (χ2n) is 3.10. The number of rotatable bonds is 3. The first-order valence-electron chi connectivity index (χ1n) is 4.53. The van der Waals surface area contributed by atoms with E-state index in [9.17, 15) is 0 Å². The lowest BCUT2D eigenvalue weighted by Gasteiger charge is -2.09. The van der Waals surface area contributed by atoms with Gasteiger partial charge in [-0.25, -0.2) is 0 Å². The highest BCUT2D eigenvalue weighted by Crippen LogP contribution is 2.21. The summed E-state index contributed by atoms with van der Waals surface area (Å²) in [7, 11) is 0. The largest absolute Gasteiger partial charge is 0.266 e. The summed E-state index contributed by atoms with van der Waals surface area (Å²) in [6.07, 6.45) is 3.89. The van der Waals surface area contributed by atoms with Gasteiger partial charge in [-0.1, -0.05) is 12.7 Å². The van der Waals surface area contributed by atoms with Gasteiger partial charge in [-0.15, -0.1) is 0 Å². The topological polar surface area (TPSA) is 12.4 Å². The van der Waals surface area contributed by atoms with E-state index in [0.717, 1.165) is 11.3 Å². The molecule has 0 rings (SSSR count). The van der Waals surface area contributed by atoms with Crippen LogP contribution in [0, 0.1) is 0 Å². The average Bonchev–Trinajstić information content (AvgIpc) is 2.04. The first-order valence-corrected chi connectivity index (χ1v) is 4.53. The first kappa shape index (κ1) is 11.9. The Labute approximate surface area is 81.6 Å². The summed E-state index contributed by atoms with van der Waals surface area (Å²) in [5, 5.41) is 0. The summed E-state index contributed by atoms with van der Waals surface area (Å²) in [6.45, 7) is 14.0. The lowest BCUT2D eigenvalue weighted by atomic mass is 9.99. The van der Waals surface area contributed by atoms with E-state index >= 15 is 0 Å². The summed E-state index contributed by atoms with van der Waals surface area (Å²) in [6, 6.07) is 0. The molecular formula is C12H19N. The molecule has 1 heteroatoms. The van der Waals surface area contributed by atoms with Crippen LogP contribution in [0.4, 0.5) is 0 Å². The average molecular weight is 177 g/mol. The molecule has 0 aromatic heterocycles. The first-order chi connectivity index (χ1) is 6.04. The van der Waals surface area contributed by atoms with Gasteiger partial charge < -0.3 is 0 Å². The summed E-state index contributed by atoms with van der Waals surface area (Å²) in [4.78, 5) is 4.27. The lowest BCUT2D eigenvalue weighted by Crippen LogP contribution is -1.91. The van der Waals surface area contributed by atoms with Crippen LogP contribution in [0.1, 0.15) is 34.6 Å². The van der Waals surface area contributed by atoms with Crippen molar-refractivity contribution in [2.45, 2.75) is 34.6 Å². The maximum absolute atomic E-state index is 4.27. The van der Waals surface area contributed by atoms with E-state index in [4.69, 9.17) is 0 Å².